The van der Waals surface area contributed by atoms with Crippen LogP contribution in [0.2, 0.25) is 0 Å². The highest BCUT2D eigenvalue weighted by molar-refractivity contribution is 9.10. The van der Waals surface area contributed by atoms with Crippen molar-refractivity contribution in [1.29, 1.82) is 0 Å². The lowest BCUT2D eigenvalue weighted by atomic mass is 10.0. The summed E-state index contributed by atoms with van der Waals surface area (Å²) in [6.07, 6.45) is 1.68. The van der Waals surface area contributed by atoms with Crippen LogP contribution in [0, 0.1) is 5.82 Å². The molecule has 1 aromatic heterocycles. The minimum atomic E-state index is -0.288. The standard InChI is InChI=1S/C14H17BrFN3O/c1-4-19-14(11(20-3)8-18-19)13(17-2)9-6-5-7-10(16)12(9)15/h5-8,13,17H,4H2,1-3H3. The summed E-state index contributed by atoms with van der Waals surface area (Å²) in [5.74, 6) is 0.395. The predicted octanol–water partition coefficient (Wildman–Crippen LogP) is 3.12. The molecule has 1 atom stereocenters. The third-order valence-electron chi connectivity index (χ3n) is 3.22. The molecule has 4 nitrogen and oxygen atoms in total. The molecule has 1 heterocycles. The summed E-state index contributed by atoms with van der Waals surface area (Å²) >= 11 is 3.31. The molecule has 2 aromatic rings. The summed E-state index contributed by atoms with van der Waals surface area (Å²) in [4.78, 5) is 0. The van der Waals surface area contributed by atoms with Crippen molar-refractivity contribution >= 4 is 15.9 Å². The van der Waals surface area contributed by atoms with Crippen molar-refractivity contribution in [2.45, 2.75) is 19.5 Å². The summed E-state index contributed by atoms with van der Waals surface area (Å²) in [5, 5.41) is 7.50. The second kappa shape index (κ2) is 6.37. The van der Waals surface area contributed by atoms with E-state index >= 15 is 0 Å². The molecular formula is C14H17BrFN3O. The Morgan fingerprint density at radius 3 is 2.85 bits per heavy atom. The second-order valence-corrected chi connectivity index (χ2v) is 5.07. The van der Waals surface area contributed by atoms with Crippen LogP contribution >= 0.6 is 15.9 Å². The maximum Gasteiger partial charge on any atom is 0.161 e. The maximum atomic E-state index is 13.8. The fourth-order valence-electron chi connectivity index (χ4n) is 2.26. The molecule has 0 aliphatic carbocycles. The average Bonchev–Trinajstić information content (AvgIpc) is 2.87. The molecule has 108 valence electrons. The van der Waals surface area contributed by atoms with Gasteiger partial charge in [-0.2, -0.15) is 5.10 Å². The Kier molecular flexibility index (Phi) is 4.77. The van der Waals surface area contributed by atoms with Crippen LogP contribution in [0.4, 0.5) is 4.39 Å². The molecule has 1 N–H and O–H groups in total. The number of aryl methyl sites for hydroxylation is 1. The number of benzene rings is 1. The molecule has 1 unspecified atom stereocenters. The van der Waals surface area contributed by atoms with E-state index in [9.17, 15) is 4.39 Å². The van der Waals surface area contributed by atoms with Crippen molar-refractivity contribution < 1.29 is 9.13 Å². The van der Waals surface area contributed by atoms with Crippen LogP contribution in [0.15, 0.2) is 28.9 Å². The number of aromatic nitrogens is 2. The van der Waals surface area contributed by atoms with Gasteiger partial charge in [-0.3, -0.25) is 4.68 Å². The van der Waals surface area contributed by atoms with Gasteiger partial charge in [-0.1, -0.05) is 12.1 Å². The lowest BCUT2D eigenvalue weighted by Crippen LogP contribution is -2.22. The lowest BCUT2D eigenvalue weighted by molar-refractivity contribution is 0.401. The topological polar surface area (TPSA) is 39.1 Å². The third kappa shape index (κ3) is 2.58. The molecule has 2 rings (SSSR count). The summed E-state index contributed by atoms with van der Waals surface area (Å²) in [7, 11) is 3.43. The van der Waals surface area contributed by atoms with Gasteiger partial charge in [0.25, 0.3) is 0 Å². The molecule has 0 radical (unpaired) electrons. The second-order valence-electron chi connectivity index (χ2n) is 4.28. The Morgan fingerprint density at radius 1 is 1.50 bits per heavy atom. The zero-order valence-electron chi connectivity index (χ0n) is 11.7. The molecule has 20 heavy (non-hydrogen) atoms. The Hall–Kier alpha value is -1.40. The van der Waals surface area contributed by atoms with E-state index < -0.39 is 0 Å². The van der Waals surface area contributed by atoms with Gasteiger partial charge in [-0.15, -0.1) is 0 Å². The van der Waals surface area contributed by atoms with E-state index in [1.807, 2.05) is 24.7 Å². The Balaban J connectivity index is 2.58. The normalized spacial score (nSPS) is 12.4. The van der Waals surface area contributed by atoms with E-state index in [-0.39, 0.29) is 11.9 Å². The molecule has 6 heteroatoms. The zero-order chi connectivity index (χ0) is 14.7. The highest BCUT2D eigenvalue weighted by Gasteiger charge is 2.24. The van der Waals surface area contributed by atoms with Crippen LogP contribution in [-0.2, 0) is 6.54 Å². The SMILES string of the molecule is CCn1ncc(OC)c1C(NC)c1cccc(F)c1Br. The van der Waals surface area contributed by atoms with Crippen molar-refractivity contribution in [2.24, 2.45) is 0 Å². The summed E-state index contributed by atoms with van der Waals surface area (Å²) in [6, 6.07) is 4.78. The molecule has 0 aliphatic heterocycles. The Bertz CT molecular complexity index is 579. The van der Waals surface area contributed by atoms with Gasteiger partial charge >= 0.3 is 0 Å². The largest absolute Gasteiger partial charge is 0.493 e. The van der Waals surface area contributed by atoms with Crippen molar-refractivity contribution in [1.82, 2.24) is 15.1 Å². The summed E-state index contributed by atoms with van der Waals surface area (Å²) < 4.78 is 21.4. The van der Waals surface area contributed by atoms with E-state index in [0.29, 0.717) is 16.8 Å². The van der Waals surface area contributed by atoms with Crippen LogP contribution in [0.3, 0.4) is 0 Å². The van der Waals surface area contributed by atoms with Gasteiger partial charge in [-0.25, -0.2) is 4.39 Å². The molecule has 1 aromatic carbocycles. The van der Waals surface area contributed by atoms with Crippen molar-refractivity contribution in [2.75, 3.05) is 14.2 Å². The van der Waals surface area contributed by atoms with Gasteiger partial charge in [0.05, 0.1) is 23.8 Å². The van der Waals surface area contributed by atoms with E-state index in [1.165, 1.54) is 6.07 Å². The Labute approximate surface area is 126 Å². The van der Waals surface area contributed by atoms with E-state index in [1.54, 1.807) is 19.4 Å². The first-order valence-electron chi connectivity index (χ1n) is 6.34. The summed E-state index contributed by atoms with van der Waals surface area (Å²) in [5.41, 5.74) is 1.69. The first-order chi connectivity index (χ1) is 9.63. The number of hydrogen-bond acceptors (Lipinski definition) is 3. The number of hydrogen-bond donors (Lipinski definition) is 1. The molecular weight excluding hydrogens is 325 g/mol. The minimum absolute atomic E-state index is 0.211. The minimum Gasteiger partial charge on any atom is -0.493 e. The van der Waals surface area contributed by atoms with Gasteiger partial charge < -0.3 is 10.1 Å². The van der Waals surface area contributed by atoms with Crippen molar-refractivity contribution in [3.63, 3.8) is 0 Å². The van der Waals surface area contributed by atoms with Crippen molar-refractivity contribution in [3.8, 4) is 5.75 Å². The number of halogens is 2. The van der Waals surface area contributed by atoms with Crippen LogP contribution in [0.5, 0.6) is 5.75 Å². The molecule has 0 aliphatic rings. The van der Waals surface area contributed by atoms with Crippen LogP contribution in [0.1, 0.15) is 24.2 Å². The maximum absolute atomic E-state index is 13.8. The van der Waals surface area contributed by atoms with Crippen molar-refractivity contribution in [3.05, 3.63) is 45.9 Å². The number of nitrogens with one attached hydrogen (secondary N) is 1. The first kappa shape index (κ1) is 15.0. The smallest absolute Gasteiger partial charge is 0.161 e. The number of nitrogens with zero attached hydrogens (tertiary/aromatic N) is 2. The molecule has 0 amide bonds. The number of ether oxygens (including phenoxy) is 1. The fraction of sp³-hybridized carbons (Fsp3) is 0.357. The van der Waals surface area contributed by atoms with E-state index in [2.05, 4.69) is 26.3 Å². The highest BCUT2D eigenvalue weighted by Crippen LogP contribution is 2.34. The first-order valence-corrected chi connectivity index (χ1v) is 7.14. The average molecular weight is 342 g/mol. The fourth-order valence-corrected chi connectivity index (χ4v) is 2.75. The van der Waals surface area contributed by atoms with Gasteiger partial charge in [0.1, 0.15) is 11.5 Å². The zero-order valence-corrected chi connectivity index (χ0v) is 13.2. The predicted molar refractivity (Wildman–Crippen MR) is 79.5 cm³/mol. The highest BCUT2D eigenvalue weighted by atomic mass is 79.9. The van der Waals surface area contributed by atoms with Gasteiger partial charge in [0.2, 0.25) is 0 Å². The monoisotopic (exact) mass is 341 g/mol. The van der Waals surface area contributed by atoms with E-state index in [0.717, 1.165) is 11.3 Å². The molecule has 0 saturated carbocycles. The number of rotatable bonds is 5. The molecule has 0 saturated heterocycles. The van der Waals surface area contributed by atoms with Gasteiger partial charge in [0, 0.05) is 6.54 Å². The number of methoxy groups -OCH3 is 1. The molecule has 0 bridgehead atoms. The van der Waals surface area contributed by atoms with Gasteiger partial charge in [0.15, 0.2) is 5.75 Å². The van der Waals surface area contributed by atoms with E-state index in [4.69, 9.17) is 4.74 Å². The lowest BCUT2D eigenvalue weighted by Gasteiger charge is -2.20. The summed E-state index contributed by atoms with van der Waals surface area (Å²) in [6.45, 7) is 2.72. The van der Waals surface area contributed by atoms with Crippen LogP contribution in [0.25, 0.3) is 0 Å². The van der Waals surface area contributed by atoms with Crippen LogP contribution < -0.4 is 10.1 Å². The molecule has 0 spiro atoms. The van der Waals surface area contributed by atoms with Crippen LogP contribution in [-0.4, -0.2) is 23.9 Å². The molecule has 0 fully saturated rings. The Morgan fingerprint density at radius 2 is 2.25 bits per heavy atom. The quantitative estimate of drug-likeness (QED) is 0.908. The van der Waals surface area contributed by atoms with Gasteiger partial charge in [-0.05, 0) is 41.5 Å². The third-order valence-corrected chi connectivity index (χ3v) is 4.06.